The number of hydrogen-bond acceptors (Lipinski definition) is 4. The van der Waals surface area contributed by atoms with Crippen molar-refractivity contribution in [1.82, 2.24) is 4.98 Å². The van der Waals surface area contributed by atoms with E-state index in [0.29, 0.717) is 7.48 Å². The molecule has 0 atom stereocenters. The van der Waals surface area contributed by atoms with Crippen LogP contribution in [-0.4, -0.2) is 28.8 Å². The van der Waals surface area contributed by atoms with Crippen molar-refractivity contribution in [3.05, 3.63) is 48.8 Å². The Morgan fingerprint density at radius 2 is 1.77 bits per heavy atom. The van der Waals surface area contributed by atoms with Crippen LogP contribution in [0.2, 0.25) is 0 Å². The van der Waals surface area contributed by atoms with E-state index in [1.54, 1.807) is 26.2 Å². The summed E-state index contributed by atoms with van der Waals surface area (Å²) in [6.07, 6.45) is 3.54. The molecular formula is C21H22BNO3. The highest BCUT2D eigenvalue weighted by Crippen LogP contribution is 2.33. The third-order valence-corrected chi connectivity index (χ3v) is 5.39. The van der Waals surface area contributed by atoms with Gasteiger partial charge in [0, 0.05) is 17.0 Å². The van der Waals surface area contributed by atoms with Crippen LogP contribution >= 0.6 is 0 Å². The molecule has 132 valence electrons. The molecule has 0 aliphatic rings. The van der Waals surface area contributed by atoms with Gasteiger partial charge < -0.3 is 14.2 Å². The Labute approximate surface area is 153 Å². The molecule has 2 aromatic carbocycles. The van der Waals surface area contributed by atoms with Crippen LogP contribution < -0.4 is 5.46 Å². The van der Waals surface area contributed by atoms with Gasteiger partial charge in [0.25, 0.3) is 0 Å². The van der Waals surface area contributed by atoms with E-state index in [-0.39, 0.29) is 0 Å². The minimum absolute atomic E-state index is 0.431. The van der Waals surface area contributed by atoms with Crippen LogP contribution in [0.5, 0.6) is 0 Å². The molecule has 0 spiro atoms. The van der Waals surface area contributed by atoms with Crippen LogP contribution in [0.25, 0.3) is 32.7 Å². The summed E-state index contributed by atoms with van der Waals surface area (Å²) >= 11 is 0. The molecule has 0 fully saturated rings. The van der Waals surface area contributed by atoms with Gasteiger partial charge in [-0.15, -0.1) is 0 Å². The van der Waals surface area contributed by atoms with E-state index in [4.69, 9.17) is 9.07 Å². The molecule has 5 heteroatoms. The molecule has 2 heterocycles. The number of hydrogen-bond donors (Lipinski definition) is 1. The van der Waals surface area contributed by atoms with Gasteiger partial charge in [-0.3, -0.25) is 4.98 Å². The molecule has 0 aliphatic carbocycles. The maximum absolute atomic E-state index is 10.3. The van der Waals surface area contributed by atoms with Crippen molar-refractivity contribution in [2.45, 2.75) is 38.9 Å². The molecule has 0 bridgehead atoms. The van der Waals surface area contributed by atoms with Crippen molar-refractivity contribution >= 4 is 45.7 Å². The van der Waals surface area contributed by atoms with E-state index >= 15 is 0 Å². The summed E-state index contributed by atoms with van der Waals surface area (Å²) in [4.78, 5) is 4.15. The molecule has 4 rings (SSSR count). The summed E-state index contributed by atoms with van der Waals surface area (Å²) in [6, 6.07) is 12.4. The summed E-state index contributed by atoms with van der Waals surface area (Å²) < 4.78 is 12.0. The maximum Gasteiger partial charge on any atom is 0.309 e. The first-order valence-corrected chi connectivity index (χ1v) is 8.80. The zero-order chi connectivity index (χ0) is 18.5. The summed E-state index contributed by atoms with van der Waals surface area (Å²) in [7, 11) is 0.431. The Morgan fingerprint density at radius 3 is 2.54 bits per heavy atom. The SMILES string of the molecule is CC(C)(O)C(C)(C)OBc1ccc2ccc3oc4cnccc4c3c2c1. The third kappa shape index (κ3) is 2.77. The van der Waals surface area contributed by atoms with Gasteiger partial charge in [-0.25, -0.2) is 0 Å². The first-order valence-electron chi connectivity index (χ1n) is 8.80. The fraction of sp³-hybridized carbons (Fsp3) is 0.286. The number of furan rings is 1. The zero-order valence-corrected chi connectivity index (χ0v) is 15.5. The van der Waals surface area contributed by atoms with Crippen molar-refractivity contribution in [2.75, 3.05) is 0 Å². The predicted octanol–water partition coefficient (Wildman–Crippen LogP) is 3.68. The Bertz CT molecular complexity index is 1110. The van der Waals surface area contributed by atoms with Gasteiger partial charge in [0.05, 0.1) is 17.4 Å². The minimum Gasteiger partial charge on any atom is -0.454 e. The fourth-order valence-electron chi connectivity index (χ4n) is 3.03. The number of benzene rings is 2. The molecule has 26 heavy (non-hydrogen) atoms. The third-order valence-electron chi connectivity index (χ3n) is 5.39. The Morgan fingerprint density at radius 1 is 1.00 bits per heavy atom. The molecule has 2 aromatic heterocycles. The highest BCUT2D eigenvalue weighted by atomic mass is 16.5. The summed E-state index contributed by atoms with van der Waals surface area (Å²) in [5.41, 5.74) is 1.13. The van der Waals surface area contributed by atoms with E-state index in [0.717, 1.165) is 38.2 Å². The lowest BCUT2D eigenvalue weighted by molar-refractivity contribution is -0.0893. The molecule has 0 saturated heterocycles. The highest BCUT2D eigenvalue weighted by molar-refractivity contribution is 6.47. The van der Waals surface area contributed by atoms with Crippen molar-refractivity contribution in [2.24, 2.45) is 0 Å². The van der Waals surface area contributed by atoms with Gasteiger partial charge in [0.15, 0.2) is 5.58 Å². The number of aromatic nitrogens is 1. The first-order chi connectivity index (χ1) is 12.3. The second-order valence-electron chi connectivity index (χ2n) is 7.83. The standard InChI is InChI=1S/C21H22BNO3/c1-20(2,24)21(3,4)26-22-14-7-5-13-6-8-17-19(16(13)11-14)15-9-10-23-12-18(15)25-17/h5-12,22,24H,1-4H3. The topological polar surface area (TPSA) is 55.5 Å². The minimum atomic E-state index is -0.926. The fourth-order valence-corrected chi connectivity index (χ4v) is 3.03. The molecular weight excluding hydrogens is 325 g/mol. The molecule has 1 N–H and O–H groups in total. The summed E-state index contributed by atoms with van der Waals surface area (Å²) in [5, 5.41) is 14.7. The lowest BCUT2D eigenvalue weighted by Gasteiger charge is -2.37. The second kappa shape index (κ2) is 5.83. The largest absolute Gasteiger partial charge is 0.454 e. The van der Waals surface area contributed by atoms with Gasteiger partial charge in [-0.1, -0.05) is 29.7 Å². The van der Waals surface area contributed by atoms with Crippen LogP contribution in [0, 0.1) is 0 Å². The van der Waals surface area contributed by atoms with E-state index in [1.165, 1.54) is 0 Å². The van der Waals surface area contributed by atoms with Gasteiger partial charge in [-0.05, 0) is 50.6 Å². The highest BCUT2D eigenvalue weighted by Gasteiger charge is 2.35. The average Bonchev–Trinajstić information content (AvgIpc) is 2.98. The number of pyridine rings is 1. The maximum atomic E-state index is 10.3. The van der Waals surface area contributed by atoms with Crippen LogP contribution in [0.1, 0.15) is 27.7 Å². The summed E-state index contributed by atoms with van der Waals surface area (Å²) in [5.74, 6) is 0. The van der Waals surface area contributed by atoms with Crippen LogP contribution in [-0.2, 0) is 4.65 Å². The average molecular weight is 347 g/mol. The van der Waals surface area contributed by atoms with Crippen molar-refractivity contribution in [3.8, 4) is 0 Å². The van der Waals surface area contributed by atoms with E-state index in [9.17, 15) is 5.11 Å². The van der Waals surface area contributed by atoms with Gasteiger partial charge >= 0.3 is 7.48 Å². The van der Waals surface area contributed by atoms with Crippen molar-refractivity contribution in [3.63, 3.8) is 0 Å². The summed E-state index contributed by atoms with van der Waals surface area (Å²) in [6.45, 7) is 7.34. The molecule has 4 nitrogen and oxygen atoms in total. The molecule has 0 amide bonds. The van der Waals surface area contributed by atoms with Crippen LogP contribution in [0.3, 0.4) is 0 Å². The normalized spacial score (nSPS) is 13.0. The number of nitrogens with zero attached hydrogens (tertiary/aromatic N) is 1. The predicted molar refractivity (Wildman–Crippen MR) is 107 cm³/mol. The first kappa shape index (κ1) is 17.1. The smallest absolute Gasteiger partial charge is 0.309 e. The monoisotopic (exact) mass is 347 g/mol. The molecule has 0 radical (unpaired) electrons. The van der Waals surface area contributed by atoms with Gasteiger partial charge in [0.1, 0.15) is 5.58 Å². The quantitative estimate of drug-likeness (QED) is 0.572. The Balaban J connectivity index is 1.80. The van der Waals surface area contributed by atoms with E-state index in [2.05, 4.69) is 29.2 Å². The molecule has 0 unspecified atom stereocenters. The Kier molecular flexibility index (Phi) is 3.83. The zero-order valence-electron chi connectivity index (χ0n) is 15.5. The van der Waals surface area contributed by atoms with Crippen molar-refractivity contribution < 1.29 is 14.2 Å². The number of fused-ring (bicyclic) bond motifs is 5. The van der Waals surface area contributed by atoms with Crippen LogP contribution in [0.15, 0.2) is 53.2 Å². The lowest BCUT2D eigenvalue weighted by atomic mass is 9.81. The van der Waals surface area contributed by atoms with Crippen molar-refractivity contribution in [1.29, 1.82) is 0 Å². The molecule has 0 aliphatic heterocycles. The number of aliphatic hydroxyl groups is 1. The lowest BCUT2D eigenvalue weighted by Crippen LogP contribution is -2.49. The Hall–Kier alpha value is -2.37. The molecule has 0 saturated carbocycles. The van der Waals surface area contributed by atoms with E-state index in [1.807, 2.05) is 26.0 Å². The van der Waals surface area contributed by atoms with Gasteiger partial charge in [0.2, 0.25) is 0 Å². The molecule has 4 aromatic rings. The van der Waals surface area contributed by atoms with E-state index < -0.39 is 11.2 Å². The second-order valence-corrected chi connectivity index (χ2v) is 7.83. The number of rotatable bonds is 4. The van der Waals surface area contributed by atoms with Crippen LogP contribution in [0.4, 0.5) is 0 Å². The van der Waals surface area contributed by atoms with Gasteiger partial charge in [-0.2, -0.15) is 0 Å².